The lowest BCUT2D eigenvalue weighted by atomic mass is 9.88. The largest absolute Gasteiger partial charge is 0.465 e. The molecule has 2 fully saturated rings. The highest BCUT2D eigenvalue weighted by atomic mass is 19.1. The van der Waals surface area contributed by atoms with Crippen LogP contribution in [0.15, 0.2) is 18.2 Å². The molecule has 6 heteroatoms. The molecule has 1 aromatic rings. The van der Waals surface area contributed by atoms with E-state index in [2.05, 4.69) is 16.8 Å². The van der Waals surface area contributed by atoms with Gasteiger partial charge in [-0.25, -0.2) is 9.18 Å². The van der Waals surface area contributed by atoms with Crippen LogP contribution >= 0.6 is 0 Å². The first-order valence-electron chi connectivity index (χ1n) is 8.64. The van der Waals surface area contributed by atoms with Crippen LogP contribution in [0.25, 0.3) is 0 Å². The Kier molecular flexibility index (Phi) is 5.06. The molecule has 2 atom stereocenters. The number of carboxylic acid groups (broad SMARTS) is 1. The number of amides is 1. The maximum Gasteiger partial charge on any atom is 0.407 e. The first kappa shape index (κ1) is 17.2. The first-order chi connectivity index (χ1) is 11.5. The van der Waals surface area contributed by atoms with Crippen LogP contribution < -0.4 is 0 Å². The third-order valence-electron chi connectivity index (χ3n) is 5.47. The molecule has 2 saturated heterocycles. The van der Waals surface area contributed by atoms with Crippen LogP contribution in [0.4, 0.5) is 9.18 Å². The zero-order valence-corrected chi connectivity index (χ0v) is 14.4. The summed E-state index contributed by atoms with van der Waals surface area (Å²) in [5.74, 6) is -0.274. The lowest BCUT2D eigenvalue weighted by Crippen LogP contribution is -2.53. The van der Waals surface area contributed by atoms with Crippen molar-refractivity contribution in [1.29, 1.82) is 0 Å². The van der Waals surface area contributed by atoms with Gasteiger partial charge in [-0.3, -0.25) is 4.90 Å². The van der Waals surface area contributed by atoms with Crippen LogP contribution in [-0.4, -0.2) is 71.7 Å². The fourth-order valence-corrected chi connectivity index (χ4v) is 4.00. The van der Waals surface area contributed by atoms with Crippen molar-refractivity contribution in [3.63, 3.8) is 0 Å². The molecule has 0 unspecified atom stereocenters. The van der Waals surface area contributed by atoms with E-state index in [1.165, 1.54) is 17.0 Å². The van der Waals surface area contributed by atoms with Gasteiger partial charge in [0, 0.05) is 38.8 Å². The molecule has 0 radical (unpaired) electrons. The smallest absolute Gasteiger partial charge is 0.407 e. The third kappa shape index (κ3) is 3.54. The second-order valence-corrected chi connectivity index (χ2v) is 7.01. The monoisotopic (exact) mass is 335 g/mol. The van der Waals surface area contributed by atoms with Gasteiger partial charge < -0.3 is 14.9 Å². The Morgan fingerprint density at radius 3 is 2.54 bits per heavy atom. The number of halogens is 1. The van der Waals surface area contributed by atoms with Gasteiger partial charge >= 0.3 is 6.09 Å². The summed E-state index contributed by atoms with van der Waals surface area (Å²) in [6, 6.07) is 4.87. The Balaban J connectivity index is 1.81. The zero-order chi connectivity index (χ0) is 17.3. The molecule has 0 aliphatic carbocycles. The third-order valence-corrected chi connectivity index (χ3v) is 5.47. The maximum absolute atomic E-state index is 13.4. The van der Waals surface area contributed by atoms with Crippen LogP contribution in [0.5, 0.6) is 0 Å². The number of piperazine rings is 1. The Morgan fingerprint density at radius 2 is 1.92 bits per heavy atom. The van der Waals surface area contributed by atoms with Gasteiger partial charge in [0.25, 0.3) is 0 Å². The number of hydrogen-bond donors (Lipinski definition) is 1. The molecule has 0 bridgehead atoms. The van der Waals surface area contributed by atoms with Crippen LogP contribution in [0.3, 0.4) is 0 Å². The van der Waals surface area contributed by atoms with E-state index in [4.69, 9.17) is 0 Å². The van der Waals surface area contributed by atoms with Crippen molar-refractivity contribution in [3.8, 4) is 0 Å². The van der Waals surface area contributed by atoms with Crippen molar-refractivity contribution in [3.05, 3.63) is 35.1 Å². The van der Waals surface area contributed by atoms with Gasteiger partial charge in [0.1, 0.15) is 5.82 Å². The average molecular weight is 335 g/mol. The Bertz CT molecular complexity index is 602. The van der Waals surface area contributed by atoms with Gasteiger partial charge in [-0.1, -0.05) is 6.07 Å². The number of benzene rings is 1. The van der Waals surface area contributed by atoms with Crippen molar-refractivity contribution >= 4 is 6.09 Å². The molecule has 0 saturated carbocycles. The number of aryl methyl sites for hydroxylation is 1. The molecule has 24 heavy (non-hydrogen) atoms. The van der Waals surface area contributed by atoms with Gasteiger partial charge in [0.2, 0.25) is 0 Å². The summed E-state index contributed by atoms with van der Waals surface area (Å²) in [6.45, 7) is 6.57. The van der Waals surface area contributed by atoms with E-state index < -0.39 is 6.09 Å². The Labute approximate surface area is 142 Å². The molecule has 0 aromatic heterocycles. The lowest BCUT2D eigenvalue weighted by Gasteiger charge is -2.45. The molecule has 5 nitrogen and oxygen atoms in total. The molecule has 3 rings (SSSR count). The normalized spacial score (nSPS) is 26.5. The molecule has 1 amide bonds. The van der Waals surface area contributed by atoms with Crippen LogP contribution in [-0.2, 0) is 0 Å². The van der Waals surface area contributed by atoms with Gasteiger partial charge in [-0.2, -0.15) is 0 Å². The van der Waals surface area contributed by atoms with Crippen LogP contribution in [0, 0.1) is 12.7 Å². The molecule has 2 aliphatic heterocycles. The second kappa shape index (κ2) is 7.07. The van der Waals surface area contributed by atoms with E-state index >= 15 is 0 Å². The first-order valence-corrected chi connectivity index (χ1v) is 8.64. The van der Waals surface area contributed by atoms with Crippen LogP contribution in [0.1, 0.15) is 30.0 Å². The maximum atomic E-state index is 13.4. The van der Waals surface area contributed by atoms with E-state index in [-0.39, 0.29) is 11.9 Å². The van der Waals surface area contributed by atoms with Crippen molar-refractivity contribution < 1.29 is 14.3 Å². The van der Waals surface area contributed by atoms with E-state index in [0.717, 1.165) is 50.1 Å². The van der Waals surface area contributed by atoms with Gasteiger partial charge in [-0.05, 0) is 50.1 Å². The Hall–Kier alpha value is -1.66. The number of hydrogen-bond acceptors (Lipinski definition) is 3. The number of likely N-dealkylation sites (N-methyl/N-ethyl adjacent to an activating group) is 1. The van der Waals surface area contributed by atoms with Crippen molar-refractivity contribution in [2.75, 3.05) is 39.8 Å². The molecule has 2 aliphatic rings. The van der Waals surface area contributed by atoms with Gasteiger partial charge in [-0.15, -0.1) is 0 Å². The number of nitrogens with zero attached hydrogens (tertiary/aromatic N) is 3. The fraction of sp³-hybridized carbons (Fsp3) is 0.611. The fourth-order valence-electron chi connectivity index (χ4n) is 4.00. The van der Waals surface area contributed by atoms with Gasteiger partial charge in [0.15, 0.2) is 0 Å². The standard InChI is InChI=1S/C18H26FN3O2/c1-13-11-14(19)3-4-16(13)17-12-15(5-6-22(17)18(23)24)21-9-7-20(2)8-10-21/h3-4,11,15,17H,5-10,12H2,1-2H3,(H,23,24)/t15-,17-/m1/s1. The minimum absolute atomic E-state index is 0.193. The average Bonchev–Trinajstić information content (AvgIpc) is 2.55. The molecular weight excluding hydrogens is 309 g/mol. The lowest BCUT2D eigenvalue weighted by molar-refractivity contribution is 0.0403. The van der Waals surface area contributed by atoms with Crippen LogP contribution in [0.2, 0.25) is 0 Å². The highest BCUT2D eigenvalue weighted by Crippen LogP contribution is 2.35. The highest BCUT2D eigenvalue weighted by molar-refractivity contribution is 5.66. The Morgan fingerprint density at radius 1 is 1.21 bits per heavy atom. The molecule has 132 valence electrons. The summed E-state index contributed by atoms with van der Waals surface area (Å²) >= 11 is 0. The number of rotatable bonds is 2. The molecule has 1 aromatic carbocycles. The summed E-state index contributed by atoms with van der Waals surface area (Å²) in [6.07, 6.45) is 0.760. The summed E-state index contributed by atoms with van der Waals surface area (Å²) in [7, 11) is 2.13. The molecular formula is C18H26FN3O2. The predicted octanol–water partition coefficient (Wildman–Crippen LogP) is 2.57. The predicted molar refractivity (Wildman–Crippen MR) is 90.7 cm³/mol. The number of likely N-dealkylation sites (tertiary alicyclic amines) is 1. The summed E-state index contributed by atoms with van der Waals surface area (Å²) < 4.78 is 13.4. The van der Waals surface area contributed by atoms with E-state index in [0.29, 0.717) is 12.6 Å². The molecule has 1 N–H and O–H groups in total. The quantitative estimate of drug-likeness (QED) is 0.902. The van der Waals surface area contributed by atoms with Gasteiger partial charge in [0.05, 0.1) is 6.04 Å². The minimum atomic E-state index is -0.888. The van der Waals surface area contributed by atoms with Crippen molar-refractivity contribution in [1.82, 2.24) is 14.7 Å². The zero-order valence-electron chi connectivity index (χ0n) is 14.4. The van der Waals surface area contributed by atoms with Crippen molar-refractivity contribution in [2.45, 2.75) is 31.8 Å². The number of carbonyl (C=O) groups is 1. The second-order valence-electron chi connectivity index (χ2n) is 7.01. The minimum Gasteiger partial charge on any atom is -0.465 e. The topological polar surface area (TPSA) is 47.0 Å². The molecule has 0 spiro atoms. The number of piperidine rings is 1. The van der Waals surface area contributed by atoms with E-state index in [9.17, 15) is 14.3 Å². The van der Waals surface area contributed by atoms with E-state index in [1.54, 1.807) is 6.07 Å². The summed E-state index contributed by atoms with van der Waals surface area (Å²) in [4.78, 5) is 18.0. The van der Waals surface area contributed by atoms with Crippen molar-refractivity contribution in [2.24, 2.45) is 0 Å². The van der Waals surface area contributed by atoms with E-state index in [1.807, 2.05) is 6.92 Å². The summed E-state index contributed by atoms with van der Waals surface area (Å²) in [5, 5.41) is 9.58. The SMILES string of the molecule is Cc1cc(F)ccc1[C@H]1C[C@H](N2CCN(C)CC2)CCN1C(=O)O. The molecule has 2 heterocycles. The highest BCUT2D eigenvalue weighted by Gasteiger charge is 2.36. The summed E-state index contributed by atoms with van der Waals surface area (Å²) in [5.41, 5.74) is 1.75.